The lowest BCUT2D eigenvalue weighted by Gasteiger charge is -2.17. The average molecular weight is 327 g/mol. The van der Waals surface area contributed by atoms with E-state index in [1.807, 2.05) is 30.3 Å². The molecule has 0 amide bonds. The summed E-state index contributed by atoms with van der Waals surface area (Å²) in [6.07, 6.45) is 3.88. The van der Waals surface area contributed by atoms with Gasteiger partial charge in [0.1, 0.15) is 4.90 Å². The summed E-state index contributed by atoms with van der Waals surface area (Å²) in [6, 6.07) is 14.5. The smallest absolute Gasteiger partial charge is 0.244 e. The van der Waals surface area contributed by atoms with Crippen LogP contribution in [0.1, 0.15) is 5.69 Å². The monoisotopic (exact) mass is 327 g/mol. The molecule has 0 aliphatic carbocycles. The van der Waals surface area contributed by atoms with Crippen molar-refractivity contribution in [2.24, 2.45) is 0 Å². The quantitative estimate of drug-likeness (QED) is 0.722. The molecule has 0 atom stereocenters. The topological polar surface area (TPSA) is 63.2 Å². The lowest BCUT2D eigenvalue weighted by atomic mass is 10.2. The van der Waals surface area contributed by atoms with Crippen LogP contribution in [-0.4, -0.2) is 36.3 Å². The summed E-state index contributed by atoms with van der Waals surface area (Å²) >= 11 is 0. The number of nitrogens with zero attached hydrogens (tertiary/aromatic N) is 3. The van der Waals surface area contributed by atoms with E-state index in [0.29, 0.717) is 18.5 Å². The minimum absolute atomic E-state index is 0.235. The molecule has 23 heavy (non-hydrogen) atoms. The number of benzene rings is 1. The third-order valence-electron chi connectivity index (χ3n) is 3.69. The molecule has 2 aromatic heterocycles. The van der Waals surface area contributed by atoms with Gasteiger partial charge in [0.15, 0.2) is 0 Å². The van der Waals surface area contributed by atoms with Crippen LogP contribution < -0.4 is 0 Å². The van der Waals surface area contributed by atoms with Gasteiger partial charge in [0.2, 0.25) is 10.0 Å². The molecule has 0 N–H and O–H groups in total. The van der Waals surface area contributed by atoms with E-state index in [2.05, 4.69) is 9.97 Å². The lowest BCUT2D eigenvalue weighted by molar-refractivity contribution is 0.471. The van der Waals surface area contributed by atoms with Gasteiger partial charge < -0.3 is 0 Å². The lowest BCUT2D eigenvalue weighted by Crippen LogP contribution is -2.29. The first-order valence-corrected chi connectivity index (χ1v) is 8.73. The molecule has 2 heterocycles. The highest BCUT2D eigenvalue weighted by atomic mass is 32.2. The Morgan fingerprint density at radius 2 is 1.74 bits per heavy atom. The fourth-order valence-corrected chi connectivity index (χ4v) is 3.72. The molecule has 5 nitrogen and oxygen atoms in total. The minimum Gasteiger partial charge on any atom is -0.261 e. The van der Waals surface area contributed by atoms with Gasteiger partial charge in [-0.2, -0.15) is 0 Å². The van der Waals surface area contributed by atoms with Crippen molar-refractivity contribution in [2.75, 3.05) is 13.6 Å². The highest BCUT2D eigenvalue weighted by Crippen LogP contribution is 2.23. The molecular formula is C17H17N3O2S. The van der Waals surface area contributed by atoms with Crippen LogP contribution in [-0.2, 0) is 16.4 Å². The van der Waals surface area contributed by atoms with Crippen molar-refractivity contribution < 1.29 is 8.42 Å². The molecule has 0 unspecified atom stereocenters. The molecule has 0 aliphatic rings. The second-order valence-corrected chi connectivity index (χ2v) is 7.24. The molecule has 0 spiro atoms. The Kier molecular flexibility index (Phi) is 4.36. The maximum Gasteiger partial charge on any atom is 0.244 e. The first-order chi connectivity index (χ1) is 11.1. The number of aromatic nitrogens is 2. The molecule has 6 heteroatoms. The first-order valence-electron chi connectivity index (χ1n) is 7.29. The number of pyridine rings is 2. The summed E-state index contributed by atoms with van der Waals surface area (Å²) in [4.78, 5) is 8.69. The van der Waals surface area contributed by atoms with Crippen LogP contribution in [0.5, 0.6) is 0 Å². The summed E-state index contributed by atoms with van der Waals surface area (Å²) in [7, 11) is -2.01. The van der Waals surface area contributed by atoms with Gasteiger partial charge in [0.05, 0.1) is 5.52 Å². The van der Waals surface area contributed by atoms with E-state index in [4.69, 9.17) is 0 Å². The van der Waals surface area contributed by atoms with E-state index in [0.717, 1.165) is 11.1 Å². The zero-order valence-electron chi connectivity index (χ0n) is 12.8. The van der Waals surface area contributed by atoms with E-state index < -0.39 is 10.0 Å². The van der Waals surface area contributed by atoms with Gasteiger partial charge in [0.25, 0.3) is 0 Å². The van der Waals surface area contributed by atoms with Crippen molar-refractivity contribution in [2.45, 2.75) is 11.3 Å². The van der Waals surface area contributed by atoms with Crippen molar-refractivity contribution in [1.82, 2.24) is 14.3 Å². The maximum absolute atomic E-state index is 12.8. The first kappa shape index (κ1) is 15.6. The normalized spacial score (nSPS) is 11.9. The number of hydrogen-bond acceptors (Lipinski definition) is 4. The van der Waals surface area contributed by atoms with Crippen LogP contribution in [0.2, 0.25) is 0 Å². The van der Waals surface area contributed by atoms with Gasteiger partial charge in [-0.05, 0) is 24.3 Å². The molecular weight excluding hydrogens is 310 g/mol. The summed E-state index contributed by atoms with van der Waals surface area (Å²) in [5.41, 5.74) is 1.37. The average Bonchev–Trinajstić information content (AvgIpc) is 2.60. The summed E-state index contributed by atoms with van der Waals surface area (Å²) < 4.78 is 27.0. The largest absolute Gasteiger partial charge is 0.261 e. The van der Waals surface area contributed by atoms with Crippen LogP contribution in [0.25, 0.3) is 10.9 Å². The fourth-order valence-electron chi connectivity index (χ4n) is 2.39. The number of fused-ring (bicyclic) bond motifs is 1. The molecule has 118 valence electrons. The molecule has 3 rings (SSSR count). The Morgan fingerprint density at radius 1 is 0.957 bits per heavy atom. The standard InChI is InChI=1S/C17H17N3O2S/c1-20(13-10-15-8-2-3-11-18-15)23(21,22)16-9-4-6-14-7-5-12-19-17(14)16/h2-9,11-12H,10,13H2,1H3. The van der Waals surface area contributed by atoms with Gasteiger partial charge in [-0.15, -0.1) is 0 Å². The molecule has 1 aromatic carbocycles. The van der Waals surface area contributed by atoms with Crippen molar-refractivity contribution >= 4 is 20.9 Å². The number of para-hydroxylation sites is 1. The van der Waals surface area contributed by atoms with E-state index in [9.17, 15) is 8.42 Å². The van der Waals surface area contributed by atoms with Gasteiger partial charge in [0, 0.05) is 43.5 Å². The Bertz CT molecular complexity index is 906. The van der Waals surface area contributed by atoms with E-state index in [1.54, 1.807) is 37.6 Å². The molecule has 0 aliphatic heterocycles. The predicted octanol–water partition coefficient (Wildman–Crippen LogP) is 2.49. The molecule has 0 saturated carbocycles. The number of rotatable bonds is 5. The van der Waals surface area contributed by atoms with Crippen LogP contribution in [0.3, 0.4) is 0 Å². The maximum atomic E-state index is 12.8. The predicted molar refractivity (Wildman–Crippen MR) is 89.5 cm³/mol. The molecule has 3 aromatic rings. The highest BCUT2D eigenvalue weighted by molar-refractivity contribution is 7.89. The molecule has 0 bridgehead atoms. The van der Waals surface area contributed by atoms with Crippen molar-refractivity contribution in [3.8, 4) is 0 Å². The van der Waals surface area contributed by atoms with Gasteiger partial charge in [-0.25, -0.2) is 12.7 Å². The van der Waals surface area contributed by atoms with Crippen molar-refractivity contribution in [3.63, 3.8) is 0 Å². The SMILES string of the molecule is CN(CCc1ccccn1)S(=O)(=O)c1cccc2cccnc12. The fraction of sp³-hybridized carbons (Fsp3) is 0.176. The highest BCUT2D eigenvalue weighted by Gasteiger charge is 2.23. The van der Waals surface area contributed by atoms with Crippen molar-refractivity contribution in [1.29, 1.82) is 0 Å². The van der Waals surface area contributed by atoms with Crippen molar-refractivity contribution in [3.05, 3.63) is 66.6 Å². The van der Waals surface area contributed by atoms with Gasteiger partial charge >= 0.3 is 0 Å². The minimum atomic E-state index is -3.59. The van der Waals surface area contributed by atoms with Gasteiger partial charge in [-0.3, -0.25) is 9.97 Å². The zero-order valence-corrected chi connectivity index (χ0v) is 13.6. The van der Waals surface area contributed by atoms with Gasteiger partial charge in [-0.1, -0.05) is 24.3 Å². The zero-order chi connectivity index (χ0) is 16.3. The van der Waals surface area contributed by atoms with Crippen LogP contribution >= 0.6 is 0 Å². The molecule has 0 fully saturated rings. The third kappa shape index (κ3) is 3.23. The van der Waals surface area contributed by atoms with Crippen LogP contribution in [0, 0.1) is 0 Å². The Morgan fingerprint density at radius 3 is 2.52 bits per heavy atom. The van der Waals surface area contributed by atoms with Crippen LogP contribution in [0.4, 0.5) is 0 Å². The number of hydrogen-bond donors (Lipinski definition) is 0. The number of likely N-dealkylation sites (N-methyl/N-ethyl adjacent to an activating group) is 1. The summed E-state index contributed by atoms with van der Waals surface area (Å²) in [5.74, 6) is 0. The second-order valence-electron chi connectivity index (χ2n) is 5.23. The summed E-state index contributed by atoms with van der Waals surface area (Å²) in [6.45, 7) is 0.364. The molecule has 0 saturated heterocycles. The number of sulfonamides is 1. The van der Waals surface area contributed by atoms with E-state index in [-0.39, 0.29) is 4.90 Å². The third-order valence-corrected chi connectivity index (χ3v) is 5.58. The van der Waals surface area contributed by atoms with E-state index in [1.165, 1.54) is 4.31 Å². The summed E-state index contributed by atoms with van der Waals surface area (Å²) in [5, 5.41) is 0.812. The molecule has 0 radical (unpaired) electrons. The Hall–Kier alpha value is -2.31. The van der Waals surface area contributed by atoms with E-state index >= 15 is 0 Å². The Labute approximate surface area is 135 Å². The Balaban J connectivity index is 1.88. The van der Waals surface area contributed by atoms with Crippen LogP contribution in [0.15, 0.2) is 65.8 Å². The second kappa shape index (κ2) is 6.44.